The van der Waals surface area contributed by atoms with E-state index >= 15 is 0 Å². The Morgan fingerprint density at radius 2 is 1.68 bits per heavy atom. The predicted molar refractivity (Wildman–Crippen MR) is 118 cm³/mol. The summed E-state index contributed by atoms with van der Waals surface area (Å²) in [6.07, 6.45) is 0.231. The van der Waals surface area contributed by atoms with Crippen LogP contribution in [0.2, 0.25) is 0 Å². The van der Waals surface area contributed by atoms with Gasteiger partial charge in [0, 0.05) is 17.7 Å². The standard InChI is InChI=1S/C23H20FN3O3S/c24-17-9-13-19(14-10-17)31(29,30)15-3-6-22(28)25-18-11-7-16(8-12-18)23-26-20-4-1-2-5-21(20)27-23/h1-2,4-5,7-14H,3,6,15H2,(H,25,28)(H,26,27). The zero-order valence-electron chi connectivity index (χ0n) is 16.5. The molecule has 3 aromatic carbocycles. The van der Waals surface area contributed by atoms with Crippen molar-refractivity contribution in [3.63, 3.8) is 0 Å². The van der Waals surface area contributed by atoms with Crippen LogP contribution in [0.5, 0.6) is 0 Å². The number of carbonyl (C=O) groups excluding carboxylic acids is 1. The first-order valence-corrected chi connectivity index (χ1v) is 11.4. The highest BCUT2D eigenvalue weighted by molar-refractivity contribution is 7.91. The summed E-state index contributed by atoms with van der Waals surface area (Å²) in [5.74, 6) is -0.211. The van der Waals surface area contributed by atoms with Crippen molar-refractivity contribution in [1.29, 1.82) is 0 Å². The number of carbonyl (C=O) groups is 1. The number of anilines is 1. The number of hydrogen-bond acceptors (Lipinski definition) is 4. The van der Waals surface area contributed by atoms with E-state index in [4.69, 9.17) is 0 Å². The van der Waals surface area contributed by atoms with Crippen molar-refractivity contribution >= 4 is 32.5 Å². The van der Waals surface area contributed by atoms with Crippen LogP contribution in [0, 0.1) is 5.82 Å². The van der Waals surface area contributed by atoms with Crippen molar-refractivity contribution in [2.45, 2.75) is 17.7 Å². The highest BCUT2D eigenvalue weighted by Gasteiger charge is 2.15. The van der Waals surface area contributed by atoms with E-state index < -0.39 is 15.7 Å². The summed E-state index contributed by atoms with van der Waals surface area (Å²) in [5.41, 5.74) is 3.33. The molecule has 1 amide bonds. The highest BCUT2D eigenvalue weighted by Crippen LogP contribution is 2.22. The SMILES string of the molecule is O=C(CCCS(=O)(=O)c1ccc(F)cc1)Nc1ccc(-c2nc3ccccc3[nH]2)cc1. The number of rotatable bonds is 7. The van der Waals surface area contributed by atoms with Crippen LogP contribution in [0.15, 0.2) is 77.7 Å². The minimum absolute atomic E-state index is 0.0514. The second-order valence-corrected chi connectivity index (χ2v) is 9.21. The van der Waals surface area contributed by atoms with Crippen molar-refractivity contribution < 1.29 is 17.6 Å². The van der Waals surface area contributed by atoms with Gasteiger partial charge in [0.15, 0.2) is 9.84 Å². The number of nitrogens with one attached hydrogen (secondary N) is 2. The van der Waals surface area contributed by atoms with E-state index in [0.29, 0.717) is 5.69 Å². The molecule has 1 heterocycles. The van der Waals surface area contributed by atoms with Crippen LogP contribution in [0.25, 0.3) is 22.4 Å². The first kappa shape index (κ1) is 20.7. The topological polar surface area (TPSA) is 91.9 Å². The van der Waals surface area contributed by atoms with Gasteiger partial charge in [0.05, 0.1) is 21.7 Å². The van der Waals surface area contributed by atoms with Crippen LogP contribution in [0.1, 0.15) is 12.8 Å². The van der Waals surface area contributed by atoms with Gasteiger partial charge < -0.3 is 10.3 Å². The molecule has 31 heavy (non-hydrogen) atoms. The van der Waals surface area contributed by atoms with Crippen molar-refractivity contribution in [3.05, 3.63) is 78.6 Å². The van der Waals surface area contributed by atoms with E-state index in [-0.39, 0.29) is 29.4 Å². The Morgan fingerprint density at radius 3 is 2.39 bits per heavy atom. The molecule has 158 valence electrons. The molecule has 0 aliphatic rings. The van der Waals surface area contributed by atoms with E-state index in [1.165, 1.54) is 12.1 Å². The summed E-state index contributed by atoms with van der Waals surface area (Å²) in [6, 6.07) is 19.7. The normalized spacial score (nSPS) is 11.5. The number of fused-ring (bicyclic) bond motifs is 1. The Hall–Kier alpha value is -3.52. The monoisotopic (exact) mass is 437 g/mol. The Labute approximate surface area is 179 Å². The summed E-state index contributed by atoms with van der Waals surface area (Å²) in [6.45, 7) is 0. The molecule has 1 aromatic heterocycles. The van der Waals surface area contributed by atoms with Gasteiger partial charge in [-0.15, -0.1) is 0 Å². The molecular formula is C23H20FN3O3S. The van der Waals surface area contributed by atoms with Crippen LogP contribution < -0.4 is 5.32 Å². The number of amides is 1. The number of halogens is 1. The molecule has 0 spiro atoms. The van der Waals surface area contributed by atoms with E-state index in [0.717, 1.165) is 34.6 Å². The quantitative estimate of drug-likeness (QED) is 0.415. The first-order valence-electron chi connectivity index (χ1n) is 9.74. The second kappa shape index (κ2) is 8.69. The Bertz CT molecular complexity index is 1280. The number of H-pyrrole nitrogens is 1. The number of benzene rings is 3. The molecule has 0 bridgehead atoms. The van der Waals surface area contributed by atoms with E-state index in [1.807, 2.05) is 36.4 Å². The smallest absolute Gasteiger partial charge is 0.224 e. The van der Waals surface area contributed by atoms with Crippen molar-refractivity contribution in [2.75, 3.05) is 11.1 Å². The molecule has 0 radical (unpaired) electrons. The number of aromatic nitrogens is 2. The van der Waals surface area contributed by atoms with E-state index in [2.05, 4.69) is 15.3 Å². The Balaban J connectivity index is 1.32. The lowest BCUT2D eigenvalue weighted by atomic mass is 10.2. The van der Waals surface area contributed by atoms with Crippen LogP contribution >= 0.6 is 0 Å². The number of aromatic amines is 1. The summed E-state index contributed by atoms with van der Waals surface area (Å²) in [5, 5.41) is 2.77. The van der Waals surface area contributed by atoms with Crippen molar-refractivity contribution in [1.82, 2.24) is 9.97 Å². The Morgan fingerprint density at radius 1 is 0.968 bits per heavy atom. The number of para-hydroxylation sites is 2. The molecule has 0 fully saturated rings. The van der Waals surface area contributed by atoms with E-state index in [9.17, 15) is 17.6 Å². The third-order valence-corrected chi connectivity index (χ3v) is 6.64. The maximum atomic E-state index is 13.0. The van der Waals surface area contributed by atoms with Crippen LogP contribution in [0.3, 0.4) is 0 Å². The van der Waals surface area contributed by atoms with Crippen LogP contribution in [-0.2, 0) is 14.6 Å². The number of nitrogens with zero attached hydrogens (tertiary/aromatic N) is 1. The molecule has 0 saturated carbocycles. The second-order valence-electron chi connectivity index (χ2n) is 7.10. The molecule has 0 unspecified atom stereocenters. The number of hydrogen-bond donors (Lipinski definition) is 2. The van der Waals surface area contributed by atoms with Gasteiger partial charge in [-0.05, 0) is 67.1 Å². The lowest BCUT2D eigenvalue weighted by molar-refractivity contribution is -0.116. The van der Waals surface area contributed by atoms with Gasteiger partial charge >= 0.3 is 0 Å². The third-order valence-electron chi connectivity index (χ3n) is 4.82. The minimum atomic E-state index is -3.55. The highest BCUT2D eigenvalue weighted by atomic mass is 32.2. The molecule has 0 saturated heterocycles. The van der Waals surface area contributed by atoms with E-state index in [1.54, 1.807) is 12.1 Å². The number of sulfone groups is 1. The Kier molecular flexibility index (Phi) is 5.81. The van der Waals surface area contributed by atoms with Crippen LogP contribution in [0.4, 0.5) is 10.1 Å². The van der Waals surface area contributed by atoms with Gasteiger partial charge in [-0.25, -0.2) is 17.8 Å². The molecule has 0 aliphatic heterocycles. The predicted octanol–water partition coefficient (Wildman–Crippen LogP) is 4.56. The minimum Gasteiger partial charge on any atom is -0.338 e. The fourth-order valence-electron chi connectivity index (χ4n) is 3.21. The van der Waals surface area contributed by atoms with Gasteiger partial charge in [-0.2, -0.15) is 0 Å². The maximum absolute atomic E-state index is 13.0. The van der Waals surface area contributed by atoms with Gasteiger partial charge in [0.2, 0.25) is 5.91 Å². The average molecular weight is 437 g/mol. The zero-order chi connectivity index (χ0) is 21.8. The van der Waals surface area contributed by atoms with Crippen molar-refractivity contribution in [3.8, 4) is 11.4 Å². The van der Waals surface area contributed by atoms with Gasteiger partial charge in [0.25, 0.3) is 0 Å². The fourth-order valence-corrected chi connectivity index (χ4v) is 4.52. The fraction of sp³-hybridized carbons (Fsp3) is 0.130. The molecule has 0 atom stereocenters. The zero-order valence-corrected chi connectivity index (χ0v) is 17.3. The van der Waals surface area contributed by atoms with Crippen molar-refractivity contribution in [2.24, 2.45) is 0 Å². The average Bonchev–Trinajstić information content (AvgIpc) is 3.19. The molecule has 6 nitrogen and oxygen atoms in total. The van der Waals surface area contributed by atoms with Crippen LogP contribution in [-0.4, -0.2) is 30.0 Å². The first-order chi connectivity index (χ1) is 14.9. The molecular weight excluding hydrogens is 417 g/mol. The molecule has 0 aliphatic carbocycles. The van der Waals surface area contributed by atoms with Gasteiger partial charge in [-0.1, -0.05) is 12.1 Å². The number of imidazole rings is 1. The van der Waals surface area contributed by atoms with Gasteiger partial charge in [-0.3, -0.25) is 4.79 Å². The summed E-state index contributed by atoms with van der Waals surface area (Å²) < 4.78 is 37.5. The maximum Gasteiger partial charge on any atom is 0.224 e. The summed E-state index contributed by atoms with van der Waals surface area (Å²) in [4.78, 5) is 20.0. The lowest BCUT2D eigenvalue weighted by Crippen LogP contribution is -2.14. The molecule has 4 rings (SSSR count). The molecule has 4 aromatic rings. The van der Waals surface area contributed by atoms with Gasteiger partial charge in [0.1, 0.15) is 11.6 Å². The lowest BCUT2D eigenvalue weighted by Gasteiger charge is -2.07. The summed E-state index contributed by atoms with van der Waals surface area (Å²) in [7, 11) is -3.55. The third kappa shape index (κ3) is 4.97. The summed E-state index contributed by atoms with van der Waals surface area (Å²) >= 11 is 0. The largest absolute Gasteiger partial charge is 0.338 e. The molecule has 8 heteroatoms. The molecule has 2 N–H and O–H groups in total.